The molecule has 2 N–H and O–H groups in total. The summed E-state index contributed by atoms with van der Waals surface area (Å²) in [5.74, 6) is 0. The average molecular weight is 237 g/mol. The van der Waals surface area contributed by atoms with Crippen LogP contribution in [0, 0.1) is 0 Å². The molecule has 0 radical (unpaired) electrons. The minimum atomic E-state index is -3.70. The summed E-state index contributed by atoms with van der Waals surface area (Å²) in [7, 11) is -3.70. The topological polar surface area (TPSA) is 69.4 Å². The Hall–Kier alpha value is -1.59. The number of sulfonamides is 1. The van der Waals surface area contributed by atoms with E-state index in [-0.39, 0.29) is 4.90 Å². The summed E-state index contributed by atoms with van der Waals surface area (Å²) in [6.07, 6.45) is 5.06. The van der Waals surface area contributed by atoms with Crippen molar-refractivity contribution in [3.8, 4) is 0 Å². The summed E-state index contributed by atoms with van der Waals surface area (Å²) in [5.41, 5.74) is 1.40. The molecule has 0 saturated heterocycles. The lowest BCUT2D eigenvalue weighted by molar-refractivity contribution is 0.287. The van der Waals surface area contributed by atoms with E-state index in [9.17, 15) is 8.42 Å². The minimum absolute atomic E-state index is 0.132. The Labute approximate surface area is 94.1 Å². The fraction of sp³-hybridized carbons (Fsp3) is 0.0909. The molecule has 0 fully saturated rings. The smallest absolute Gasteiger partial charge is 0.238 e. The maximum absolute atomic E-state index is 11.4. The third-order valence-corrected chi connectivity index (χ3v) is 3.22. The number of hydrogen-bond acceptors (Lipinski definition) is 3. The summed E-state index contributed by atoms with van der Waals surface area (Å²) >= 11 is 0. The molecule has 0 saturated carbocycles. The van der Waals surface area contributed by atoms with Crippen LogP contribution in [0.5, 0.6) is 0 Å². The zero-order valence-electron chi connectivity index (χ0n) is 8.46. The molecule has 0 aliphatic carbocycles. The molecule has 0 bridgehead atoms. The van der Waals surface area contributed by atoms with Gasteiger partial charge in [-0.05, 0) is 23.8 Å². The van der Waals surface area contributed by atoms with E-state index in [1.165, 1.54) is 12.3 Å². The zero-order valence-corrected chi connectivity index (χ0v) is 9.28. The molecule has 0 aromatic heterocycles. The molecule has 1 aromatic rings. The second kappa shape index (κ2) is 4.11. The van der Waals surface area contributed by atoms with Crippen LogP contribution in [0.2, 0.25) is 0 Å². The first-order valence-electron chi connectivity index (χ1n) is 4.69. The monoisotopic (exact) mass is 237 g/mol. The van der Waals surface area contributed by atoms with Crippen LogP contribution in [0.1, 0.15) is 5.56 Å². The molecule has 0 amide bonds. The van der Waals surface area contributed by atoms with E-state index in [4.69, 9.17) is 9.88 Å². The average Bonchev–Trinajstić information content (AvgIpc) is 2.29. The van der Waals surface area contributed by atoms with E-state index in [1.54, 1.807) is 24.3 Å². The van der Waals surface area contributed by atoms with Gasteiger partial charge in [-0.1, -0.05) is 18.2 Å². The highest BCUT2D eigenvalue weighted by molar-refractivity contribution is 7.89. The molecule has 0 spiro atoms. The number of benzene rings is 1. The molecule has 16 heavy (non-hydrogen) atoms. The van der Waals surface area contributed by atoms with Gasteiger partial charge in [0.25, 0.3) is 0 Å². The second-order valence-electron chi connectivity index (χ2n) is 3.34. The van der Waals surface area contributed by atoms with Crippen molar-refractivity contribution in [2.45, 2.75) is 4.90 Å². The molecule has 84 valence electrons. The lowest BCUT2D eigenvalue weighted by atomic mass is 10.1. The van der Waals surface area contributed by atoms with Crippen LogP contribution in [-0.4, -0.2) is 15.0 Å². The number of nitrogens with two attached hydrogens (primary N) is 1. The maximum atomic E-state index is 11.4. The lowest BCUT2D eigenvalue weighted by Crippen LogP contribution is -2.14. The van der Waals surface area contributed by atoms with Crippen LogP contribution in [0.25, 0.3) is 5.57 Å². The number of hydrogen-bond donors (Lipinski definition) is 1. The van der Waals surface area contributed by atoms with E-state index in [1.807, 2.05) is 6.08 Å². The zero-order chi connectivity index (χ0) is 11.6. The number of primary sulfonamides is 1. The fourth-order valence-corrected chi connectivity index (χ4v) is 2.30. The SMILES string of the molecule is NS(=O)(=O)c1ccccc1C1=CCOC=C1. The van der Waals surface area contributed by atoms with Gasteiger partial charge in [-0.3, -0.25) is 0 Å². The van der Waals surface area contributed by atoms with E-state index < -0.39 is 10.0 Å². The van der Waals surface area contributed by atoms with Gasteiger partial charge in [-0.15, -0.1) is 0 Å². The molecule has 1 aromatic carbocycles. The number of ether oxygens (including phenoxy) is 1. The first kappa shape index (κ1) is 10.9. The van der Waals surface area contributed by atoms with Gasteiger partial charge in [0.1, 0.15) is 6.61 Å². The van der Waals surface area contributed by atoms with Crippen LogP contribution in [0.3, 0.4) is 0 Å². The number of allylic oxidation sites excluding steroid dienone is 2. The van der Waals surface area contributed by atoms with Gasteiger partial charge in [-0.25, -0.2) is 13.6 Å². The van der Waals surface area contributed by atoms with Gasteiger partial charge < -0.3 is 4.74 Å². The van der Waals surface area contributed by atoms with Crippen molar-refractivity contribution in [1.82, 2.24) is 0 Å². The Bertz CT molecular complexity index is 558. The predicted octanol–water partition coefficient (Wildman–Crippen LogP) is 1.26. The van der Waals surface area contributed by atoms with E-state index in [0.717, 1.165) is 5.57 Å². The maximum Gasteiger partial charge on any atom is 0.238 e. The Morgan fingerprint density at radius 2 is 2.00 bits per heavy atom. The van der Waals surface area contributed by atoms with Crippen molar-refractivity contribution in [3.05, 3.63) is 48.2 Å². The molecule has 0 unspecified atom stereocenters. The van der Waals surface area contributed by atoms with Crippen molar-refractivity contribution in [3.63, 3.8) is 0 Å². The molecule has 1 aliphatic rings. The third-order valence-electron chi connectivity index (χ3n) is 2.25. The van der Waals surface area contributed by atoms with Gasteiger partial charge >= 0.3 is 0 Å². The van der Waals surface area contributed by atoms with Crippen LogP contribution in [0.4, 0.5) is 0 Å². The summed E-state index contributed by atoms with van der Waals surface area (Å²) in [6, 6.07) is 6.64. The van der Waals surface area contributed by atoms with Crippen LogP contribution in [-0.2, 0) is 14.8 Å². The first-order valence-corrected chi connectivity index (χ1v) is 6.24. The van der Waals surface area contributed by atoms with Gasteiger partial charge in [0.05, 0.1) is 11.2 Å². The fourth-order valence-electron chi connectivity index (χ4n) is 1.54. The Kier molecular flexibility index (Phi) is 2.80. The molecular formula is C11H11NO3S. The second-order valence-corrected chi connectivity index (χ2v) is 4.87. The van der Waals surface area contributed by atoms with Gasteiger partial charge in [0.15, 0.2) is 0 Å². The molecule has 2 rings (SSSR count). The highest BCUT2D eigenvalue weighted by Gasteiger charge is 2.15. The van der Waals surface area contributed by atoms with Gasteiger partial charge in [-0.2, -0.15) is 0 Å². The number of rotatable bonds is 2. The molecular weight excluding hydrogens is 226 g/mol. The lowest BCUT2D eigenvalue weighted by Gasteiger charge is -2.11. The van der Waals surface area contributed by atoms with Gasteiger partial charge in [0, 0.05) is 5.56 Å². The Balaban J connectivity index is 2.57. The molecule has 1 aliphatic heterocycles. The van der Waals surface area contributed by atoms with Crippen molar-refractivity contribution in [2.75, 3.05) is 6.61 Å². The van der Waals surface area contributed by atoms with E-state index >= 15 is 0 Å². The van der Waals surface area contributed by atoms with Crippen LogP contribution in [0.15, 0.2) is 47.6 Å². The van der Waals surface area contributed by atoms with Crippen molar-refractivity contribution in [2.24, 2.45) is 5.14 Å². The van der Waals surface area contributed by atoms with Crippen LogP contribution >= 0.6 is 0 Å². The first-order chi connectivity index (χ1) is 7.59. The summed E-state index contributed by atoms with van der Waals surface area (Å²) in [4.78, 5) is 0.132. The third kappa shape index (κ3) is 2.15. The Morgan fingerprint density at radius 1 is 1.25 bits per heavy atom. The van der Waals surface area contributed by atoms with Crippen LogP contribution < -0.4 is 5.14 Å². The molecule has 4 nitrogen and oxygen atoms in total. The molecule has 5 heteroatoms. The highest BCUT2D eigenvalue weighted by Crippen LogP contribution is 2.24. The summed E-state index contributed by atoms with van der Waals surface area (Å²) < 4.78 is 27.8. The minimum Gasteiger partial charge on any atom is -0.497 e. The molecule has 1 heterocycles. The van der Waals surface area contributed by atoms with Crippen molar-refractivity contribution in [1.29, 1.82) is 0 Å². The summed E-state index contributed by atoms with van der Waals surface area (Å²) in [6.45, 7) is 0.435. The Morgan fingerprint density at radius 3 is 2.62 bits per heavy atom. The largest absolute Gasteiger partial charge is 0.497 e. The van der Waals surface area contributed by atoms with Crippen molar-refractivity contribution >= 4 is 15.6 Å². The van der Waals surface area contributed by atoms with Crippen molar-refractivity contribution < 1.29 is 13.2 Å². The van der Waals surface area contributed by atoms with E-state index in [2.05, 4.69) is 0 Å². The predicted molar refractivity (Wildman–Crippen MR) is 60.9 cm³/mol. The highest BCUT2D eigenvalue weighted by atomic mass is 32.2. The quantitative estimate of drug-likeness (QED) is 0.841. The van der Waals surface area contributed by atoms with E-state index in [0.29, 0.717) is 12.2 Å². The molecule has 0 atom stereocenters. The summed E-state index contributed by atoms with van der Waals surface area (Å²) in [5, 5.41) is 5.15. The normalized spacial score (nSPS) is 15.4. The standard InChI is InChI=1S/C11H11NO3S/c12-16(13,14)11-4-2-1-3-10(11)9-5-7-15-8-6-9/h1-7H,8H2,(H2,12,13,14). The van der Waals surface area contributed by atoms with Gasteiger partial charge in [0.2, 0.25) is 10.0 Å².